The van der Waals surface area contributed by atoms with Crippen LogP contribution in [0.3, 0.4) is 0 Å². The maximum atomic E-state index is 12.8. The summed E-state index contributed by atoms with van der Waals surface area (Å²) in [6.45, 7) is 4.20. The van der Waals surface area contributed by atoms with E-state index in [0.29, 0.717) is 19.6 Å². The third-order valence-electron chi connectivity index (χ3n) is 6.32. The summed E-state index contributed by atoms with van der Waals surface area (Å²) in [5.41, 5.74) is 1.07. The molecule has 1 aromatic rings. The normalized spacial score (nSPS) is 35.1. The van der Waals surface area contributed by atoms with Gasteiger partial charge in [-0.25, -0.2) is 0 Å². The standard InChI is InChI=1S/C18H23NO4/c1-12-9-14-15(23-12)3-2-6-19-16(20)10-13-11-17(21-7-8-22-17)4-5-18(13,14)19/h9,13H,2-8,10-11H2,1H3/t13-,18-/m1/s1. The Bertz CT molecular complexity index is 660. The Labute approximate surface area is 135 Å². The molecule has 4 heterocycles. The summed E-state index contributed by atoms with van der Waals surface area (Å²) < 4.78 is 17.9. The van der Waals surface area contributed by atoms with Crippen LogP contribution in [-0.2, 0) is 26.2 Å². The van der Waals surface area contributed by atoms with Crippen LogP contribution >= 0.6 is 0 Å². The zero-order valence-electron chi connectivity index (χ0n) is 13.6. The number of carbonyl (C=O) groups excluding carboxylic acids is 1. The third kappa shape index (κ3) is 1.78. The van der Waals surface area contributed by atoms with E-state index in [1.807, 2.05) is 6.92 Å². The molecule has 0 unspecified atom stereocenters. The van der Waals surface area contributed by atoms with Gasteiger partial charge in [0.25, 0.3) is 0 Å². The topological polar surface area (TPSA) is 51.9 Å². The number of ether oxygens (including phenoxy) is 2. The van der Waals surface area contributed by atoms with Gasteiger partial charge in [-0.1, -0.05) is 0 Å². The minimum Gasteiger partial charge on any atom is -0.466 e. The molecule has 1 amide bonds. The highest BCUT2D eigenvalue weighted by molar-refractivity contribution is 5.81. The van der Waals surface area contributed by atoms with E-state index in [1.165, 1.54) is 5.56 Å². The first-order valence-corrected chi connectivity index (χ1v) is 8.81. The fourth-order valence-corrected chi connectivity index (χ4v) is 5.47. The summed E-state index contributed by atoms with van der Waals surface area (Å²) in [5, 5.41) is 0. The number of rotatable bonds is 0. The number of amides is 1. The second kappa shape index (κ2) is 4.61. The van der Waals surface area contributed by atoms with E-state index in [2.05, 4.69) is 11.0 Å². The average molecular weight is 317 g/mol. The fraction of sp³-hybridized carbons (Fsp3) is 0.722. The van der Waals surface area contributed by atoms with E-state index in [4.69, 9.17) is 13.9 Å². The molecule has 1 aromatic heterocycles. The summed E-state index contributed by atoms with van der Waals surface area (Å²) in [6.07, 6.45) is 5.11. The van der Waals surface area contributed by atoms with Crippen molar-refractivity contribution in [1.82, 2.24) is 4.90 Å². The molecular weight excluding hydrogens is 294 g/mol. The molecule has 5 rings (SSSR count). The number of furan rings is 1. The molecule has 0 aromatic carbocycles. The number of aryl methyl sites for hydroxylation is 2. The minimum atomic E-state index is -0.447. The van der Waals surface area contributed by atoms with Crippen LogP contribution in [0.1, 0.15) is 49.2 Å². The highest BCUT2D eigenvalue weighted by Gasteiger charge is 2.61. The summed E-state index contributed by atoms with van der Waals surface area (Å²) in [5.74, 6) is 2.15. The van der Waals surface area contributed by atoms with Crippen molar-refractivity contribution in [1.29, 1.82) is 0 Å². The molecule has 0 N–H and O–H groups in total. The lowest BCUT2D eigenvalue weighted by Crippen LogP contribution is -2.53. The molecule has 1 saturated carbocycles. The van der Waals surface area contributed by atoms with Crippen molar-refractivity contribution in [2.45, 2.75) is 56.8 Å². The second-order valence-corrected chi connectivity index (χ2v) is 7.48. The van der Waals surface area contributed by atoms with E-state index < -0.39 is 5.79 Å². The molecule has 124 valence electrons. The van der Waals surface area contributed by atoms with E-state index in [9.17, 15) is 4.79 Å². The van der Waals surface area contributed by atoms with Crippen LogP contribution < -0.4 is 0 Å². The van der Waals surface area contributed by atoms with E-state index in [0.717, 1.165) is 50.2 Å². The van der Waals surface area contributed by atoms with Crippen molar-refractivity contribution in [3.05, 3.63) is 23.2 Å². The summed E-state index contributed by atoms with van der Waals surface area (Å²) in [4.78, 5) is 14.9. The maximum Gasteiger partial charge on any atom is 0.223 e. The largest absolute Gasteiger partial charge is 0.466 e. The van der Waals surface area contributed by atoms with Crippen molar-refractivity contribution < 1.29 is 18.7 Å². The molecule has 2 spiro atoms. The van der Waals surface area contributed by atoms with Gasteiger partial charge in [0.1, 0.15) is 11.5 Å². The number of carbonyl (C=O) groups is 1. The Hall–Kier alpha value is -1.33. The number of hydrogen-bond acceptors (Lipinski definition) is 4. The number of fused-ring (bicyclic) bond motifs is 1. The number of hydrogen-bond donors (Lipinski definition) is 0. The Kier molecular flexibility index (Phi) is 2.81. The van der Waals surface area contributed by atoms with Gasteiger partial charge in [0.05, 0.1) is 18.8 Å². The van der Waals surface area contributed by atoms with Gasteiger partial charge in [-0.15, -0.1) is 0 Å². The number of nitrogens with zero attached hydrogens (tertiary/aromatic N) is 1. The Balaban J connectivity index is 1.63. The van der Waals surface area contributed by atoms with Gasteiger partial charge in [-0.3, -0.25) is 4.79 Å². The summed E-state index contributed by atoms with van der Waals surface area (Å²) >= 11 is 0. The van der Waals surface area contributed by atoms with Crippen LogP contribution in [0.25, 0.3) is 0 Å². The smallest absolute Gasteiger partial charge is 0.223 e. The fourth-order valence-electron chi connectivity index (χ4n) is 5.47. The Morgan fingerprint density at radius 1 is 1.26 bits per heavy atom. The van der Waals surface area contributed by atoms with Gasteiger partial charge in [0.2, 0.25) is 5.91 Å². The van der Waals surface area contributed by atoms with Gasteiger partial charge in [0.15, 0.2) is 5.79 Å². The predicted molar refractivity (Wildman–Crippen MR) is 81.8 cm³/mol. The molecule has 2 saturated heterocycles. The molecule has 23 heavy (non-hydrogen) atoms. The van der Waals surface area contributed by atoms with E-state index in [-0.39, 0.29) is 17.4 Å². The molecule has 4 aliphatic rings. The highest BCUT2D eigenvalue weighted by Crippen LogP contribution is 2.58. The summed E-state index contributed by atoms with van der Waals surface area (Å²) in [7, 11) is 0. The molecular formula is C18H23NO4. The van der Waals surface area contributed by atoms with Gasteiger partial charge in [-0.05, 0) is 25.8 Å². The molecule has 5 nitrogen and oxygen atoms in total. The molecule has 2 atom stereocenters. The van der Waals surface area contributed by atoms with Gasteiger partial charge < -0.3 is 18.8 Å². The molecule has 1 aliphatic carbocycles. The average Bonchev–Trinajstić information content (AvgIpc) is 3.16. The van der Waals surface area contributed by atoms with Crippen molar-refractivity contribution in [3.63, 3.8) is 0 Å². The van der Waals surface area contributed by atoms with Crippen molar-refractivity contribution in [3.8, 4) is 0 Å². The molecule has 3 fully saturated rings. The quantitative estimate of drug-likeness (QED) is 0.738. The second-order valence-electron chi connectivity index (χ2n) is 7.48. The van der Waals surface area contributed by atoms with Crippen LogP contribution in [-0.4, -0.2) is 36.4 Å². The van der Waals surface area contributed by atoms with E-state index in [1.54, 1.807) is 0 Å². The van der Waals surface area contributed by atoms with Crippen molar-refractivity contribution in [2.24, 2.45) is 5.92 Å². The zero-order valence-corrected chi connectivity index (χ0v) is 13.6. The molecule has 5 heteroatoms. The first-order valence-electron chi connectivity index (χ1n) is 8.81. The first kappa shape index (κ1) is 14.1. The van der Waals surface area contributed by atoms with Gasteiger partial charge >= 0.3 is 0 Å². The lowest BCUT2D eigenvalue weighted by Gasteiger charge is -2.49. The lowest BCUT2D eigenvalue weighted by molar-refractivity contribution is -0.204. The van der Waals surface area contributed by atoms with Crippen LogP contribution in [0, 0.1) is 12.8 Å². The Morgan fingerprint density at radius 3 is 2.91 bits per heavy atom. The van der Waals surface area contributed by atoms with E-state index >= 15 is 0 Å². The Morgan fingerprint density at radius 2 is 2.09 bits per heavy atom. The molecule has 3 aliphatic heterocycles. The monoisotopic (exact) mass is 317 g/mol. The van der Waals surface area contributed by atoms with Crippen LogP contribution in [0.5, 0.6) is 0 Å². The predicted octanol–water partition coefficient (Wildman–Crippen LogP) is 2.51. The first-order chi connectivity index (χ1) is 11.1. The minimum absolute atomic E-state index is 0.193. The lowest BCUT2D eigenvalue weighted by atomic mass is 9.67. The van der Waals surface area contributed by atoms with Crippen molar-refractivity contribution in [2.75, 3.05) is 19.8 Å². The van der Waals surface area contributed by atoms with Crippen LogP contribution in [0.2, 0.25) is 0 Å². The highest BCUT2D eigenvalue weighted by atomic mass is 16.7. The van der Waals surface area contributed by atoms with Crippen molar-refractivity contribution >= 4 is 5.91 Å². The third-order valence-corrected chi connectivity index (χ3v) is 6.32. The maximum absolute atomic E-state index is 12.8. The summed E-state index contributed by atoms with van der Waals surface area (Å²) in [6, 6.07) is 2.17. The molecule has 0 bridgehead atoms. The SMILES string of the molecule is Cc1cc2c(o1)CCCN1C(=O)C[C@@H]3CC4(CC[C@]231)OCCO4. The molecule has 0 radical (unpaired) electrons. The van der Waals surface area contributed by atoms with Gasteiger partial charge in [-0.2, -0.15) is 0 Å². The zero-order chi connectivity index (χ0) is 15.7. The van der Waals surface area contributed by atoms with Crippen LogP contribution in [0.4, 0.5) is 0 Å². The van der Waals surface area contributed by atoms with Crippen LogP contribution in [0.15, 0.2) is 10.5 Å². The van der Waals surface area contributed by atoms with Gasteiger partial charge in [0, 0.05) is 43.7 Å².